The summed E-state index contributed by atoms with van der Waals surface area (Å²) < 4.78 is 18.2. The molecule has 0 spiro atoms. The second kappa shape index (κ2) is 6.00. The van der Waals surface area contributed by atoms with Gasteiger partial charge in [-0.3, -0.25) is 4.79 Å². The molecule has 0 heterocycles. The summed E-state index contributed by atoms with van der Waals surface area (Å²) in [6, 6.07) is 12.6. The van der Waals surface area contributed by atoms with Crippen LogP contribution in [-0.4, -0.2) is 12.5 Å². The van der Waals surface area contributed by atoms with Gasteiger partial charge in [0.25, 0.3) is 5.91 Å². The van der Waals surface area contributed by atoms with Gasteiger partial charge in [0.15, 0.2) is 0 Å². The molecule has 0 aliphatic rings. The van der Waals surface area contributed by atoms with Gasteiger partial charge < -0.3 is 10.1 Å². The van der Waals surface area contributed by atoms with Gasteiger partial charge in [0.2, 0.25) is 0 Å². The Morgan fingerprint density at radius 1 is 1.16 bits per heavy atom. The Balaban J connectivity index is 2.18. The second-order valence-corrected chi connectivity index (χ2v) is 3.89. The van der Waals surface area contributed by atoms with Crippen LogP contribution >= 0.6 is 0 Å². The molecule has 1 amide bonds. The van der Waals surface area contributed by atoms with Gasteiger partial charge in [-0.2, -0.15) is 0 Å². The fourth-order valence-corrected chi connectivity index (χ4v) is 1.67. The van der Waals surface area contributed by atoms with Crippen LogP contribution in [0.1, 0.15) is 17.3 Å². The van der Waals surface area contributed by atoms with E-state index in [1.54, 1.807) is 24.3 Å². The molecular weight excluding hydrogens is 245 g/mol. The molecule has 0 unspecified atom stereocenters. The summed E-state index contributed by atoms with van der Waals surface area (Å²) >= 11 is 0. The van der Waals surface area contributed by atoms with E-state index in [1.807, 2.05) is 6.92 Å². The number of benzene rings is 2. The fraction of sp³-hybridized carbons (Fsp3) is 0.133. The zero-order chi connectivity index (χ0) is 13.7. The highest BCUT2D eigenvalue weighted by molar-refractivity contribution is 6.06. The average Bonchev–Trinajstić information content (AvgIpc) is 2.42. The first-order valence-electron chi connectivity index (χ1n) is 5.99. The second-order valence-electron chi connectivity index (χ2n) is 3.89. The highest BCUT2D eigenvalue weighted by atomic mass is 19.1. The number of anilines is 1. The molecule has 0 saturated heterocycles. The summed E-state index contributed by atoms with van der Waals surface area (Å²) in [7, 11) is 0. The van der Waals surface area contributed by atoms with E-state index in [0.717, 1.165) is 0 Å². The minimum atomic E-state index is -0.340. The van der Waals surface area contributed by atoms with Crippen molar-refractivity contribution in [3.05, 3.63) is 59.9 Å². The molecule has 19 heavy (non-hydrogen) atoms. The van der Waals surface area contributed by atoms with Crippen LogP contribution in [0.25, 0.3) is 0 Å². The predicted molar refractivity (Wildman–Crippen MR) is 72.0 cm³/mol. The Kier molecular flexibility index (Phi) is 4.13. The Labute approximate surface area is 111 Å². The molecule has 0 bridgehead atoms. The van der Waals surface area contributed by atoms with Gasteiger partial charge in [0, 0.05) is 5.69 Å². The van der Waals surface area contributed by atoms with Crippen molar-refractivity contribution in [1.82, 2.24) is 0 Å². The molecule has 0 atom stereocenters. The lowest BCUT2D eigenvalue weighted by Gasteiger charge is -2.10. The first kappa shape index (κ1) is 13.1. The van der Waals surface area contributed by atoms with Gasteiger partial charge in [0.05, 0.1) is 12.2 Å². The summed E-state index contributed by atoms with van der Waals surface area (Å²) in [5, 5.41) is 2.70. The first-order chi connectivity index (χ1) is 9.20. The summed E-state index contributed by atoms with van der Waals surface area (Å²) in [6.07, 6.45) is 0. The Morgan fingerprint density at radius 2 is 1.84 bits per heavy atom. The summed E-state index contributed by atoms with van der Waals surface area (Å²) in [5.74, 6) is -0.0898. The predicted octanol–water partition coefficient (Wildman–Crippen LogP) is 3.48. The SMILES string of the molecule is CCOc1ccccc1C(=O)Nc1ccc(F)cc1. The minimum absolute atomic E-state index is 0.282. The molecule has 2 aromatic rings. The van der Waals surface area contributed by atoms with E-state index in [9.17, 15) is 9.18 Å². The number of hydrogen-bond acceptors (Lipinski definition) is 2. The van der Waals surface area contributed by atoms with Crippen molar-refractivity contribution in [2.75, 3.05) is 11.9 Å². The topological polar surface area (TPSA) is 38.3 Å². The number of ether oxygens (including phenoxy) is 1. The number of halogens is 1. The number of amides is 1. The molecule has 0 saturated carbocycles. The number of hydrogen-bond donors (Lipinski definition) is 1. The van der Waals surface area contributed by atoms with Gasteiger partial charge >= 0.3 is 0 Å². The molecule has 4 heteroatoms. The molecule has 2 rings (SSSR count). The third kappa shape index (κ3) is 3.31. The van der Waals surface area contributed by atoms with E-state index >= 15 is 0 Å². The molecule has 0 fully saturated rings. The van der Waals surface area contributed by atoms with Crippen LogP contribution < -0.4 is 10.1 Å². The summed E-state index contributed by atoms with van der Waals surface area (Å²) in [4.78, 5) is 12.1. The Bertz CT molecular complexity index is 567. The van der Waals surface area contributed by atoms with E-state index in [2.05, 4.69) is 5.32 Å². The van der Waals surface area contributed by atoms with Crippen LogP contribution in [0, 0.1) is 5.82 Å². The van der Waals surface area contributed by atoms with Crippen molar-refractivity contribution < 1.29 is 13.9 Å². The lowest BCUT2D eigenvalue weighted by molar-refractivity contribution is 0.102. The van der Waals surface area contributed by atoms with E-state index in [1.165, 1.54) is 24.3 Å². The van der Waals surface area contributed by atoms with Gasteiger partial charge in [0.1, 0.15) is 11.6 Å². The van der Waals surface area contributed by atoms with Crippen LogP contribution in [-0.2, 0) is 0 Å². The zero-order valence-corrected chi connectivity index (χ0v) is 10.5. The Hall–Kier alpha value is -2.36. The molecule has 3 nitrogen and oxygen atoms in total. The first-order valence-corrected chi connectivity index (χ1v) is 5.99. The van der Waals surface area contributed by atoms with Gasteiger partial charge in [-0.25, -0.2) is 4.39 Å². The minimum Gasteiger partial charge on any atom is -0.493 e. The number of nitrogens with one attached hydrogen (secondary N) is 1. The maximum absolute atomic E-state index is 12.8. The average molecular weight is 259 g/mol. The third-order valence-corrected chi connectivity index (χ3v) is 2.53. The smallest absolute Gasteiger partial charge is 0.259 e. The molecule has 2 aromatic carbocycles. The quantitative estimate of drug-likeness (QED) is 0.912. The van der Waals surface area contributed by atoms with Crippen LogP contribution in [0.2, 0.25) is 0 Å². The number of para-hydroxylation sites is 1. The highest BCUT2D eigenvalue weighted by Crippen LogP contribution is 2.19. The van der Waals surface area contributed by atoms with Crippen LogP contribution in [0.15, 0.2) is 48.5 Å². The van der Waals surface area contributed by atoms with Crippen molar-refractivity contribution >= 4 is 11.6 Å². The number of rotatable bonds is 4. The lowest BCUT2D eigenvalue weighted by atomic mass is 10.2. The molecule has 0 aliphatic heterocycles. The molecule has 0 aromatic heterocycles. The largest absolute Gasteiger partial charge is 0.493 e. The van der Waals surface area contributed by atoms with E-state index in [0.29, 0.717) is 23.6 Å². The maximum atomic E-state index is 12.8. The lowest BCUT2D eigenvalue weighted by Crippen LogP contribution is -2.13. The van der Waals surface area contributed by atoms with E-state index < -0.39 is 0 Å². The van der Waals surface area contributed by atoms with Gasteiger partial charge in [-0.15, -0.1) is 0 Å². The fourth-order valence-electron chi connectivity index (χ4n) is 1.67. The third-order valence-electron chi connectivity index (χ3n) is 2.53. The summed E-state index contributed by atoms with van der Waals surface area (Å²) in [6.45, 7) is 2.34. The normalized spacial score (nSPS) is 10.0. The number of carbonyl (C=O) groups is 1. The number of carbonyl (C=O) groups excluding carboxylic acids is 1. The summed E-state index contributed by atoms with van der Waals surface area (Å²) in [5.41, 5.74) is 0.992. The Morgan fingerprint density at radius 3 is 2.53 bits per heavy atom. The van der Waals surface area contributed by atoms with Crippen molar-refractivity contribution in [2.24, 2.45) is 0 Å². The van der Waals surface area contributed by atoms with Crippen LogP contribution in [0.5, 0.6) is 5.75 Å². The van der Waals surface area contributed by atoms with Crippen LogP contribution in [0.4, 0.5) is 10.1 Å². The molecule has 98 valence electrons. The monoisotopic (exact) mass is 259 g/mol. The molecule has 0 aliphatic carbocycles. The van der Waals surface area contributed by atoms with Gasteiger partial charge in [-0.05, 0) is 43.3 Å². The molecule has 1 N–H and O–H groups in total. The maximum Gasteiger partial charge on any atom is 0.259 e. The van der Waals surface area contributed by atoms with Gasteiger partial charge in [-0.1, -0.05) is 12.1 Å². The van der Waals surface area contributed by atoms with Crippen molar-refractivity contribution in [1.29, 1.82) is 0 Å². The molecular formula is C15H14FNO2. The highest BCUT2D eigenvalue weighted by Gasteiger charge is 2.11. The molecule has 0 radical (unpaired) electrons. The van der Waals surface area contributed by atoms with E-state index in [-0.39, 0.29) is 11.7 Å². The van der Waals surface area contributed by atoms with Crippen molar-refractivity contribution in [3.8, 4) is 5.75 Å². The van der Waals surface area contributed by atoms with Crippen molar-refractivity contribution in [3.63, 3.8) is 0 Å². The van der Waals surface area contributed by atoms with E-state index in [4.69, 9.17) is 4.74 Å². The standard InChI is InChI=1S/C15H14FNO2/c1-2-19-14-6-4-3-5-13(14)15(18)17-12-9-7-11(16)8-10-12/h3-10H,2H2,1H3,(H,17,18). The zero-order valence-electron chi connectivity index (χ0n) is 10.5. The van der Waals surface area contributed by atoms with Crippen molar-refractivity contribution in [2.45, 2.75) is 6.92 Å². The van der Waals surface area contributed by atoms with Crippen LogP contribution in [0.3, 0.4) is 0 Å².